The fourth-order valence-electron chi connectivity index (χ4n) is 5.20. The molecule has 1 aliphatic carbocycles. The van der Waals surface area contributed by atoms with E-state index >= 15 is 0 Å². The zero-order valence-corrected chi connectivity index (χ0v) is 19.6. The molecule has 2 amide bonds. The monoisotopic (exact) mass is 449 g/mol. The Bertz CT molecular complexity index is 996. The number of anilines is 2. The third-order valence-corrected chi connectivity index (χ3v) is 7.29. The number of nitrogens with one attached hydrogen (secondary N) is 1. The molecule has 0 unspecified atom stereocenters. The lowest BCUT2D eigenvalue weighted by atomic mass is 9.95. The smallest absolute Gasteiger partial charge is 0.317 e. The van der Waals surface area contributed by atoms with E-state index in [1.165, 1.54) is 30.4 Å². The molecule has 2 aliphatic heterocycles. The molecule has 1 saturated carbocycles. The van der Waals surface area contributed by atoms with Crippen molar-refractivity contribution in [1.29, 1.82) is 0 Å². The van der Waals surface area contributed by atoms with E-state index in [-0.39, 0.29) is 6.03 Å². The minimum absolute atomic E-state index is 0.0709. The van der Waals surface area contributed by atoms with E-state index in [1.54, 1.807) is 0 Å². The Labute approximate surface area is 196 Å². The molecule has 5 rings (SSSR count). The second-order valence-corrected chi connectivity index (χ2v) is 9.70. The van der Waals surface area contributed by atoms with Crippen LogP contribution in [0.15, 0.2) is 24.3 Å². The van der Waals surface area contributed by atoms with Gasteiger partial charge in [0.2, 0.25) is 5.95 Å². The maximum Gasteiger partial charge on any atom is 0.317 e. The average Bonchev–Trinajstić information content (AvgIpc) is 2.84. The highest BCUT2D eigenvalue weighted by Gasteiger charge is 2.24. The van der Waals surface area contributed by atoms with Gasteiger partial charge in [-0.2, -0.15) is 4.98 Å². The maximum absolute atomic E-state index is 12.9. The van der Waals surface area contributed by atoms with Crippen LogP contribution in [0.2, 0.25) is 0 Å². The number of nitrogens with two attached hydrogens (primary N) is 1. The summed E-state index contributed by atoms with van der Waals surface area (Å²) in [6.07, 6.45) is 6.81. The fourth-order valence-corrected chi connectivity index (χ4v) is 5.20. The molecule has 33 heavy (non-hydrogen) atoms. The number of urea groups is 1. The molecule has 3 N–H and O–H groups in total. The lowest BCUT2D eigenvalue weighted by molar-refractivity contribution is 0.184. The molecule has 176 valence electrons. The number of hydrogen-bond donors (Lipinski definition) is 2. The number of nitrogens with zero attached hydrogens (tertiary/aromatic N) is 5. The van der Waals surface area contributed by atoms with Crippen LogP contribution in [0.1, 0.15) is 43.2 Å². The number of benzene rings is 1. The second kappa shape index (κ2) is 9.55. The number of amides is 2. The summed E-state index contributed by atoms with van der Waals surface area (Å²) in [6, 6.07) is 8.91. The first-order valence-electron chi connectivity index (χ1n) is 12.3. The van der Waals surface area contributed by atoms with Crippen LogP contribution in [0.5, 0.6) is 0 Å². The number of nitrogen functional groups attached to an aromatic ring is 1. The van der Waals surface area contributed by atoms with Crippen molar-refractivity contribution in [1.82, 2.24) is 25.1 Å². The van der Waals surface area contributed by atoms with Crippen molar-refractivity contribution in [3.63, 3.8) is 0 Å². The van der Waals surface area contributed by atoms with Gasteiger partial charge in [0, 0.05) is 56.9 Å². The number of carbonyl (C=O) groups is 1. The van der Waals surface area contributed by atoms with Gasteiger partial charge < -0.3 is 25.8 Å². The Hall–Kier alpha value is -2.87. The van der Waals surface area contributed by atoms with Gasteiger partial charge in [0.15, 0.2) is 0 Å². The lowest BCUT2D eigenvalue weighted by Crippen LogP contribution is -2.47. The number of likely N-dealkylation sites (N-methyl/N-ethyl adjacent to an activating group) is 1. The predicted molar refractivity (Wildman–Crippen MR) is 131 cm³/mol. The zero-order chi connectivity index (χ0) is 22.8. The maximum atomic E-state index is 12.9. The van der Waals surface area contributed by atoms with Crippen LogP contribution in [-0.4, -0.2) is 71.6 Å². The Morgan fingerprint density at radius 3 is 2.58 bits per heavy atom. The van der Waals surface area contributed by atoms with E-state index in [1.807, 2.05) is 11.0 Å². The third kappa shape index (κ3) is 5.05. The molecule has 3 aliphatic rings. The summed E-state index contributed by atoms with van der Waals surface area (Å²) < 4.78 is 0. The first-order valence-corrected chi connectivity index (χ1v) is 12.3. The minimum Gasteiger partial charge on any atom is -0.368 e. The first kappa shape index (κ1) is 21.9. The van der Waals surface area contributed by atoms with Crippen molar-refractivity contribution in [2.75, 3.05) is 50.4 Å². The van der Waals surface area contributed by atoms with Gasteiger partial charge in [-0.05, 0) is 43.5 Å². The summed E-state index contributed by atoms with van der Waals surface area (Å²) in [7, 11) is 2.14. The van der Waals surface area contributed by atoms with Crippen molar-refractivity contribution in [3.05, 3.63) is 35.4 Å². The Morgan fingerprint density at radius 2 is 1.79 bits per heavy atom. The highest BCUT2D eigenvalue weighted by atomic mass is 16.2. The van der Waals surface area contributed by atoms with Gasteiger partial charge in [0.1, 0.15) is 5.82 Å². The summed E-state index contributed by atoms with van der Waals surface area (Å²) in [5.74, 6) is 1.18. The molecule has 8 heteroatoms. The van der Waals surface area contributed by atoms with Gasteiger partial charge >= 0.3 is 6.03 Å². The molecular formula is C25H35N7O. The minimum atomic E-state index is 0.0709. The lowest BCUT2D eigenvalue weighted by Gasteiger charge is -2.33. The van der Waals surface area contributed by atoms with Crippen LogP contribution in [0.4, 0.5) is 16.6 Å². The SMILES string of the molecule is CN1CCN(c2cc(-c3ccc4c(c3)CN(C(=O)NC3CCCCC3)CC4)nc(N)n2)CC1. The average molecular weight is 450 g/mol. The topological polar surface area (TPSA) is 90.6 Å². The van der Waals surface area contributed by atoms with Crippen LogP contribution in [0.3, 0.4) is 0 Å². The molecule has 1 saturated heterocycles. The fraction of sp³-hybridized carbons (Fsp3) is 0.560. The van der Waals surface area contributed by atoms with Crippen LogP contribution in [0, 0.1) is 0 Å². The van der Waals surface area contributed by atoms with Crippen LogP contribution >= 0.6 is 0 Å². The number of rotatable bonds is 3. The van der Waals surface area contributed by atoms with E-state index in [0.717, 1.165) is 69.1 Å². The number of hydrogen-bond acceptors (Lipinski definition) is 6. The quantitative estimate of drug-likeness (QED) is 0.749. The summed E-state index contributed by atoms with van der Waals surface area (Å²) in [6.45, 7) is 5.28. The van der Waals surface area contributed by atoms with Gasteiger partial charge in [-0.1, -0.05) is 31.4 Å². The molecule has 3 heterocycles. The largest absolute Gasteiger partial charge is 0.368 e. The Kier molecular flexibility index (Phi) is 6.35. The normalized spacial score (nSPS) is 19.9. The number of aromatic nitrogens is 2. The molecule has 8 nitrogen and oxygen atoms in total. The standard InChI is InChI=1S/C25H35N7O/c1-30-11-13-31(14-12-30)23-16-22(28-24(26)29-23)19-8-7-18-9-10-32(17-20(18)15-19)25(33)27-21-5-3-2-4-6-21/h7-8,15-16,21H,2-6,9-14,17H2,1H3,(H,27,33)(H2,26,28,29). The van der Waals surface area contributed by atoms with Gasteiger partial charge in [0.05, 0.1) is 5.69 Å². The predicted octanol–water partition coefficient (Wildman–Crippen LogP) is 2.88. The highest BCUT2D eigenvalue weighted by molar-refractivity contribution is 5.75. The van der Waals surface area contributed by atoms with Crippen molar-refractivity contribution >= 4 is 17.8 Å². The van der Waals surface area contributed by atoms with E-state index in [9.17, 15) is 4.79 Å². The van der Waals surface area contributed by atoms with Gasteiger partial charge in [-0.25, -0.2) is 9.78 Å². The van der Waals surface area contributed by atoms with E-state index in [4.69, 9.17) is 5.73 Å². The van der Waals surface area contributed by atoms with Gasteiger partial charge in [-0.15, -0.1) is 0 Å². The Balaban J connectivity index is 1.32. The van der Waals surface area contributed by atoms with Crippen LogP contribution < -0.4 is 16.0 Å². The van der Waals surface area contributed by atoms with Crippen molar-refractivity contribution in [2.24, 2.45) is 0 Å². The van der Waals surface area contributed by atoms with Gasteiger partial charge in [0.25, 0.3) is 0 Å². The van der Waals surface area contributed by atoms with Crippen molar-refractivity contribution in [3.8, 4) is 11.3 Å². The molecule has 0 radical (unpaired) electrons. The number of piperazine rings is 1. The third-order valence-electron chi connectivity index (χ3n) is 7.29. The second-order valence-electron chi connectivity index (χ2n) is 9.70. The van der Waals surface area contributed by atoms with Crippen molar-refractivity contribution < 1.29 is 4.79 Å². The number of carbonyl (C=O) groups excluding carboxylic acids is 1. The summed E-state index contributed by atoms with van der Waals surface area (Å²) in [5.41, 5.74) is 10.5. The molecule has 2 fully saturated rings. The molecule has 0 atom stereocenters. The summed E-state index contributed by atoms with van der Waals surface area (Å²) in [5, 5.41) is 3.26. The summed E-state index contributed by atoms with van der Waals surface area (Å²) in [4.78, 5) is 28.5. The molecule has 1 aromatic heterocycles. The van der Waals surface area contributed by atoms with E-state index in [2.05, 4.69) is 50.3 Å². The molecule has 2 aromatic rings. The molecule has 0 spiro atoms. The Morgan fingerprint density at radius 1 is 1.00 bits per heavy atom. The van der Waals surface area contributed by atoms with E-state index in [0.29, 0.717) is 18.5 Å². The van der Waals surface area contributed by atoms with E-state index < -0.39 is 0 Å². The zero-order valence-electron chi connectivity index (χ0n) is 19.6. The van der Waals surface area contributed by atoms with Crippen LogP contribution in [0.25, 0.3) is 11.3 Å². The van der Waals surface area contributed by atoms with Gasteiger partial charge in [-0.3, -0.25) is 0 Å². The highest BCUT2D eigenvalue weighted by Crippen LogP contribution is 2.28. The molecular weight excluding hydrogens is 414 g/mol. The first-order chi connectivity index (χ1) is 16.0. The van der Waals surface area contributed by atoms with Crippen molar-refractivity contribution in [2.45, 2.75) is 51.1 Å². The number of fused-ring (bicyclic) bond motifs is 1. The summed E-state index contributed by atoms with van der Waals surface area (Å²) >= 11 is 0. The molecule has 0 bridgehead atoms. The van der Waals surface area contributed by atoms with Crippen LogP contribution in [-0.2, 0) is 13.0 Å². The molecule has 1 aromatic carbocycles.